The Labute approximate surface area is 212 Å². The van der Waals surface area contributed by atoms with E-state index < -0.39 is 17.5 Å². The first-order valence-electron chi connectivity index (χ1n) is 12.8. The van der Waals surface area contributed by atoms with E-state index in [9.17, 15) is 14.7 Å². The summed E-state index contributed by atoms with van der Waals surface area (Å²) in [6.07, 6.45) is 27.6. The van der Waals surface area contributed by atoms with Gasteiger partial charge in [0.1, 0.15) is 0 Å². The van der Waals surface area contributed by atoms with Crippen molar-refractivity contribution in [1.29, 1.82) is 0 Å². The molecule has 198 valence electrons. The van der Waals surface area contributed by atoms with Crippen molar-refractivity contribution < 1.29 is 24.5 Å². The van der Waals surface area contributed by atoms with E-state index >= 15 is 0 Å². The number of unbranched alkanes of at least 4 members (excludes halogenated alkanes) is 1. The fourth-order valence-electron chi connectivity index (χ4n) is 2.88. The molecule has 0 aromatic rings. The third kappa shape index (κ3) is 21.8. The molecule has 6 heteroatoms. The molecule has 0 fully saturated rings. The number of carbonyl (C=O) groups is 2. The standard InChI is InChI=1S/C29H47NO5/c1-4-5-6-7-8-9-10-11-12-13-14-15-16-17-18-19-20-21-28(34)35-25-29(2,3)26(31)24-30-23-22-27(32)33/h5-6,8-9,11-12,14-15,17-18,26,30-31H,4,7,10,13,16,19-25H2,1-3H3,(H,32,33)/b6-5-,9-8?,12-11?,15-14-,18-17-/t26-/m0/s1. The van der Waals surface area contributed by atoms with Crippen molar-refractivity contribution >= 4 is 11.9 Å². The van der Waals surface area contributed by atoms with Crippen molar-refractivity contribution in [3.05, 3.63) is 60.8 Å². The highest BCUT2D eigenvalue weighted by Crippen LogP contribution is 2.21. The van der Waals surface area contributed by atoms with Gasteiger partial charge < -0.3 is 20.3 Å². The van der Waals surface area contributed by atoms with Crippen LogP contribution in [0.5, 0.6) is 0 Å². The van der Waals surface area contributed by atoms with Crippen LogP contribution in [0.2, 0.25) is 0 Å². The predicted molar refractivity (Wildman–Crippen MR) is 144 cm³/mol. The molecule has 0 rings (SSSR count). The monoisotopic (exact) mass is 489 g/mol. The Morgan fingerprint density at radius 3 is 1.89 bits per heavy atom. The summed E-state index contributed by atoms with van der Waals surface area (Å²) in [7, 11) is 0. The van der Waals surface area contributed by atoms with Crippen LogP contribution in [0.15, 0.2) is 60.8 Å². The summed E-state index contributed by atoms with van der Waals surface area (Å²) in [5.74, 6) is -1.15. The van der Waals surface area contributed by atoms with Gasteiger partial charge in [-0.1, -0.05) is 81.5 Å². The topological polar surface area (TPSA) is 95.9 Å². The van der Waals surface area contributed by atoms with Crippen molar-refractivity contribution in [3.8, 4) is 0 Å². The third-order valence-electron chi connectivity index (χ3n) is 5.27. The van der Waals surface area contributed by atoms with E-state index in [1.807, 2.05) is 13.8 Å². The number of carboxylic acid groups (broad SMARTS) is 1. The first-order chi connectivity index (χ1) is 16.8. The number of hydrogen-bond donors (Lipinski definition) is 3. The highest BCUT2D eigenvalue weighted by atomic mass is 16.5. The lowest BCUT2D eigenvalue weighted by molar-refractivity contribution is -0.149. The van der Waals surface area contributed by atoms with Crippen LogP contribution in [-0.4, -0.2) is 48.0 Å². The highest BCUT2D eigenvalue weighted by molar-refractivity contribution is 5.69. The van der Waals surface area contributed by atoms with Crippen LogP contribution in [0.4, 0.5) is 0 Å². The van der Waals surface area contributed by atoms with Gasteiger partial charge in [0.2, 0.25) is 0 Å². The molecular weight excluding hydrogens is 442 g/mol. The number of aliphatic hydroxyl groups excluding tert-OH is 1. The maximum absolute atomic E-state index is 12.0. The van der Waals surface area contributed by atoms with Crippen molar-refractivity contribution in [3.63, 3.8) is 0 Å². The van der Waals surface area contributed by atoms with Gasteiger partial charge in [0.25, 0.3) is 0 Å². The summed E-state index contributed by atoms with van der Waals surface area (Å²) in [5, 5.41) is 21.8. The van der Waals surface area contributed by atoms with Gasteiger partial charge in [-0.3, -0.25) is 9.59 Å². The first-order valence-corrected chi connectivity index (χ1v) is 12.8. The molecule has 0 aromatic heterocycles. The average molecular weight is 490 g/mol. The number of hydrogen-bond acceptors (Lipinski definition) is 5. The average Bonchev–Trinajstić information content (AvgIpc) is 2.82. The van der Waals surface area contributed by atoms with Gasteiger partial charge in [-0.25, -0.2) is 0 Å². The van der Waals surface area contributed by atoms with Crippen LogP contribution in [0, 0.1) is 5.41 Å². The largest absolute Gasteiger partial charge is 0.481 e. The normalized spacial score (nSPS) is 13.7. The lowest BCUT2D eigenvalue weighted by Crippen LogP contribution is -2.42. The summed E-state index contributed by atoms with van der Waals surface area (Å²) in [4.78, 5) is 22.5. The SMILES string of the molecule is CC/C=C\CC=CCC=CC/C=C\C/C=C\CCCC(=O)OCC(C)(C)[C@@H](O)CNCCC(=O)O. The van der Waals surface area contributed by atoms with Crippen LogP contribution in [-0.2, 0) is 14.3 Å². The zero-order valence-corrected chi connectivity index (χ0v) is 22.0. The molecule has 6 nitrogen and oxygen atoms in total. The summed E-state index contributed by atoms with van der Waals surface area (Å²) >= 11 is 0. The molecule has 0 spiro atoms. The molecule has 3 N–H and O–H groups in total. The van der Waals surface area contributed by atoms with E-state index in [2.05, 4.69) is 73.0 Å². The first kappa shape index (κ1) is 32.6. The Morgan fingerprint density at radius 2 is 1.37 bits per heavy atom. The maximum Gasteiger partial charge on any atom is 0.305 e. The minimum atomic E-state index is -0.884. The molecule has 0 amide bonds. The highest BCUT2D eigenvalue weighted by Gasteiger charge is 2.29. The molecule has 0 heterocycles. The van der Waals surface area contributed by atoms with E-state index in [0.717, 1.165) is 44.9 Å². The number of carboxylic acids is 1. The molecule has 0 radical (unpaired) electrons. The summed E-state index contributed by atoms with van der Waals surface area (Å²) in [6.45, 7) is 6.44. The van der Waals surface area contributed by atoms with Crippen molar-refractivity contribution in [1.82, 2.24) is 5.32 Å². The zero-order valence-electron chi connectivity index (χ0n) is 22.0. The lowest BCUT2D eigenvalue weighted by atomic mass is 9.87. The van der Waals surface area contributed by atoms with Gasteiger partial charge in [-0.2, -0.15) is 0 Å². The molecule has 1 atom stereocenters. The molecule has 0 aromatic carbocycles. The number of aliphatic hydroxyl groups is 1. The second-order valence-electron chi connectivity index (χ2n) is 9.11. The quantitative estimate of drug-likeness (QED) is 0.105. The molecule has 0 aliphatic carbocycles. The fourth-order valence-corrected chi connectivity index (χ4v) is 2.88. The minimum absolute atomic E-state index is 0.0000229. The maximum atomic E-state index is 12.0. The number of nitrogens with one attached hydrogen (secondary N) is 1. The van der Waals surface area contributed by atoms with Gasteiger partial charge in [-0.05, 0) is 44.9 Å². The van der Waals surface area contributed by atoms with Crippen molar-refractivity contribution in [2.45, 2.75) is 84.7 Å². The number of ether oxygens (including phenoxy) is 1. The van der Waals surface area contributed by atoms with E-state index in [4.69, 9.17) is 9.84 Å². The molecule has 0 saturated heterocycles. The number of carbonyl (C=O) groups excluding carboxylic acids is 1. The Morgan fingerprint density at radius 1 is 0.857 bits per heavy atom. The third-order valence-corrected chi connectivity index (χ3v) is 5.27. The van der Waals surface area contributed by atoms with Crippen LogP contribution in [0.25, 0.3) is 0 Å². The molecule has 0 aliphatic rings. The van der Waals surface area contributed by atoms with Gasteiger partial charge in [0.15, 0.2) is 0 Å². The molecule has 0 unspecified atom stereocenters. The summed E-state index contributed by atoms with van der Waals surface area (Å²) < 4.78 is 5.33. The van der Waals surface area contributed by atoms with Crippen molar-refractivity contribution in [2.24, 2.45) is 5.41 Å². The van der Waals surface area contributed by atoms with Crippen LogP contribution in [0.3, 0.4) is 0 Å². The van der Waals surface area contributed by atoms with Gasteiger partial charge >= 0.3 is 11.9 Å². The molecule has 35 heavy (non-hydrogen) atoms. The van der Waals surface area contributed by atoms with E-state index in [1.54, 1.807) is 0 Å². The van der Waals surface area contributed by atoms with Crippen LogP contribution in [0.1, 0.15) is 78.6 Å². The Bertz CT molecular complexity index is 704. The Kier molecular flexibility index (Phi) is 20.5. The van der Waals surface area contributed by atoms with E-state index in [-0.39, 0.29) is 32.1 Å². The van der Waals surface area contributed by atoms with Gasteiger partial charge in [0, 0.05) is 24.9 Å². The number of esters is 1. The molecule has 0 aliphatic heterocycles. The Balaban J connectivity index is 3.81. The zero-order chi connectivity index (χ0) is 26.2. The summed E-state index contributed by atoms with van der Waals surface area (Å²) in [5.41, 5.74) is -0.615. The van der Waals surface area contributed by atoms with E-state index in [0.29, 0.717) is 6.42 Å². The molecular formula is C29H47NO5. The smallest absolute Gasteiger partial charge is 0.305 e. The number of allylic oxidation sites excluding steroid dienone is 10. The second kappa shape index (κ2) is 22.1. The van der Waals surface area contributed by atoms with Crippen LogP contribution < -0.4 is 5.32 Å². The van der Waals surface area contributed by atoms with Crippen LogP contribution >= 0.6 is 0 Å². The minimum Gasteiger partial charge on any atom is -0.481 e. The van der Waals surface area contributed by atoms with Gasteiger partial charge in [-0.15, -0.1) is 0 Å². The number of rotatable bonds is 21. The lowest BCUT2D eigenvalue weighted by Gasteiger charge is -2.30. The second-order valence-corrected chi connectivity index (χ2v) is 9.11. The Hall–Kier alpha value is -2.44. The number of aliphatic carboxylic acids is 1. The fraction of sp³-hybridized carbons (Fsp3) is 0.586. The van der Waals surface area contributed by atoms with Crippen molar-refractivity contribution in [2.75, 3.05) is 19.7 Å². The molecule has 0 saturated carbocycles. The predicted octanol–water partition coefficient (Wildman–Crippen LogP) is 5.90. The summed E-state index contributed by atoms with van der Waals surface area (Å²) in [6, 6.07) is 0. The van der Waals surface area contributed by atoms with Gasteiger partial charge in [0.05, 0.1) is 19.1 Å². The molecule has 0 bridgehead atoms. The van der Waals surface area contributed by atoms with E-state index in [1.165, 1.54) is 0 Å².